The molecule has 0 bridgehead atoms. The number of nitrogens with zero attached hydrogens (tertiary/aromatic N) is 1. The highest BCUT2D eigenvalue weighted by atomic mass is 14.9. The molecule has 13 heavy (non-hydrogen) atoms. The summed E-state index contributed by atoms with van der Waals surface area (Å²) in [5.74, 6) is 0. The van der Waals surface area contributed by atoms with Gasteiger partial charge in [-0.2, -0.15) is 0 Å². The van der Waals surface area contributed by atoms with Crippen LogP contribution in [0.3, 0.4) is 0 Å². The van der Waals surface area contributed by atoms with Gasteiger partial charge in [0.2, 0.25) is 0 Å². The van der Waals surface area contributed by atoms with Crippen LogP contribution in [0.1, 0.15) is 25.1 Å². The number of hydrogen-bond donors (Lipinski definition) is 2. The number of nitrogens with one attached hydrogen (secondary N) is 1. The Hall–Kier alpha value is -0.930. The molecule has 0 spiro atoms. The van der Waals surface area contributed by atoms with Gasteiger partial charge in [0.15, 0.2) is 0 Å². The van der Waals surface area contributed by atoms with E-state index in [1.807, 2.05) is 24.4 Å². The van der Waals surface area contributed by atoms with Gasteiger partial charge in [-0.1, -0.05) is 6.07 Å². The van der Waals surface area contributed by atoms with E-state index in [-0.39, 0.29) is 0 Å². The van der Waals surface area contributed by atoms with Crippen LogP contribution < -0.4 is 11.1 Å². The quantitative estimate of drug-likeness (QED) is 0.665. The van der Waals surface area contributed by atoms with E-state index in [9.17, 15) is 0 Å². The molecule has 3 heteroatoms. The lowest BCUT2D eigenvalue weighted by Gasteiger charge is -2.12. The smallest absolute Gasteiger partial charge is 0.0570 e. The fourth-order valence-electron chi connectivity index (χ4n) is 1.16. The Morgan fingerprint density at radius 3 is 3.00 bits per heavy atom. The summed E-state index contributed by atoms with van der Waals surface area (Å²) in [4.78, 5) is 4.26. The van der Waals surface area contributed by atoms with Crippen LogP contribution in [0.5, 0.6) is 0 Å². The maximum absolute atomic E-state index is 5.40. The summed E-state index contributed by atoms with van der Waals surface area (Å²) in [6.45, 7) is 3.80. The zero-order chi connectivity index (χ0) is 9.52. The van der Waals surface area contributed by atoms with Gasteiger partial charge in [0.1, 0.15) is 0 Å². The fraction of sp³-hybridized carbons (Fsp3) is 0.500. The van der Waals surface area contributed by atoms with Gasteiger partial charge in [0, 0.05) is 12.2 Å². The Labute approximate surface area is 79.4 Å². The Balaban J connectivity index is 2.35. The molecule has 0 radical (unpaired) electrons. The van der Waals surface area contributed by atoms with Crippen molar-refractivity contribution >= 4 is 0 Å². The zero-order valence-corrected chi connectivity index (χ0v) is 8.03. The van der Waals surface area contributed by atoms with Gasteiger partial charge in [-0.15, -0.1) is 0 Å². The number of nitrogens with two attached hydrogens (primary N) is 1. The highest BCUT2D eigenvalue weighted by Crippen LogP contribution is 2.06. The summed E-state index contributed by atoms with van der Waals surface area (Å²) in [6, 6.07) is 6.27. The van der Waals surface area contributed by atoms with E-state index < -0.39 is 0 Å². The van der Waals surface area contributed by atoms with Crippen LogP contribution in [0, 0.1) is 0 Å². The number of pyridine rings is 1. The van der Waals surface area contributed by atoms with Gasteiger partial charge in [-0.05, 0) is 38.6 Å². The molecule has 1 rings (SSSR count). The van der Waals surface area contributed by atoms with Gasteiger partial charge < -0.3 is 11.1 Å². The molecule has 0 amide bonds. The third-order valence-electron chi connectivity index (χ3n) is 1.96. The minimum Gasteiger partial charge on any atom is -0.330 e. The third-order valence-corrected chi connectivity index (χ3v) is 1.96. The van der Waals surface area contributed by atoms with E-state index in [1.54, 1.807) is 0 Å². The van der Waals surface area contributed by atoms with Crippen molar-refractivity contribution in [1.29, 1.82) is 0 Å². The van der Waals surface area contributed by atoms with Crippen LogP contribution in [0.2, 0.25) is 0 Å². The number of rotatable bonds is 5. The highest BCUT2D eigenvalue weighted by Gasteiger charge is 2.03. The predicted molar refractivity (Wildman–Crippen MR) is 54.3 cm³/mol. The van der Waals surface area contributed by atoms with Crippen molar-refractivity contribution in [3.63, 3.8) is 0 Å². The molecule has 1 unspecified atom stereocenters. The van der Waals surface area contributed by atoms with Crippen LogP contribution >= 0.6 is 0 Å². The molecule has 0 fully saturated rings. The Kier molecular flexibility index (Phi) is 4.43. The molecule has 0 aliphatic carbocycles. The van der Waals surface area contributed by atoms with Crippen LogP contribution in [0.25, 0.3) is 0 Å². The summed E-state index contributed by atoms with van der Waals surface area (Å²) >= 11 is 0. The van der Waals surface area contributed by atoms with E-state index in [0.29, 0.717) is 6.04 Å². The second-order valence-electron chi connectivity index (χ2n) is 3.07. The lowest BCUT2D eigenvalue weighted by molar-refractivity contribution is 0.550. The van der Waals surface area contributed by atoms with Crippen molar-refractivity contribution in [2.75, 3.05) is 13.1 Å². The SMILES string of the molecule is CC(NCCCN)c1ccccn1. The van der Waals surface area contributed by atoms with Crippen molar-refractivity contribution in [3.8, 4) is 0 Å². The molecule has 1 atom stereocenters. The summed E-state index contributed by atoms with van der Waals surface area (Å²) in [5.41, 5.74) is 6.48. The van der Waals surface area contributed by atoms with E-state index in [0.717, 1.165) is 25.2 Å². The van der Waals surface area contributed by atoms with Gasteiger partial charge >= 0.3 is 0 Å². The lowest BCUT2D eigenvalue weighted by atomic mass is 10.2. The zero-order valence-electron chi connectivity index (χ0n) is 8.03. The minimum absolute atomic E-state index is 0.313. The standard InChI is InChI=1S/C10H17N3/c1-9(12-8-4-6-11)10-5-2-3-7-13-10/h2-3,5,7,9,12H,4,6,8,11H2,1H3. The predicted octanol–water partition coefficient (Wildman–Crippen LogP) is 1.08. The van der Waals surface area contributed by atoms with Crippen LogP contribution in [-0.4, -0.2) is 18.1 Å². The molecule has 0 saturated heterocycles. The van der Waals surface area contributed by atoms with E-state index >= 15 is 0 Å². The maximum Gasteiger partial charge on any atom is 0.0570 e. The Morgan fingerprint density at radius 2 is 2.38 bits per heavy atom. The first kappa shape index (κ1) is 10.2. The Morgan fingerprint density at radius 1 is 1.54 bits per heavy atom. The van der Waals surface area contributed by atoms with Crippen molar-refractivity contribution in [3.05, 3.63) is 30.1 Å². The molecule has 3 nitrogen and oxygen atoms in total. The summed E-state index contributed by atoms with van der Waals surface area (Å²) in [5, 5.41) is 3.36. The first-order valence-corrected chi connectivity index (χ1v) is 4.69. The molecule has 0 aliphatic heterocycles. The molecule has 1 heterocycles. The largest absolute Gasteiger partial charge is 0.330 e. The molecule has 1 aromatic heterocycles. The highest BCUT2D eigenvalue weighted by molar-refractivity contribution is 5.07. The third kappa shape index (κ3) is 3.53. The van der Waals surface area contributed by atoms with Crippen LogP contribution in [0.15, 0.2) is 24.4 Å². The summed E-state index contributed by atoms with van der Waals surface area (Å²) in [6.07, 6.45) is 2.83. The average molecular weight is 179 g/mol. The van der Waals surface area contributed by atoms with Crippen molar-refractivity contribution in [1.82, 2.24) is 10.3 Å². The average Bonchev–Trinajstić information content (AvgIpc) is 2.19. The minimum atomic E-state index is 0.313. The topological polar surface area (TPSA) is 50.9 Å². The molecule has 0 aromatic carbocycles. The molecule has 0 saturated carbocycles. The van der Waals surface area contributed by atoms with E-state index in [4.69, 9.17) is 5.73 Å². The molecule has 3 N–H and O–H groups in total. The molecular formula is C10H17N3. The van der Waals surface area contributed by atoms with Crippen LogP contribution in [0.4, 0.5) is 0 Å². The van der Waals surface area contributed by atoms with Gasteiger partial charge in [-0.3, -0.25) is 4.98 Å². The first-order chi connectivity index (χ1) is 6.34. The summed E-state index contributed by atoms with van der Waals surface area (Å²) in [7, 11) is 0. The molecule has 0 aliphatic rings. The van der Waals surface area contributed by atoms with Crippen molar-refractivity contribution in [2.45, 2.75) is 19.4 Å². The van der Waals surface area contributed by atoms with E-state index in [2.05, 4.69) is 17.2 Å². The number of hydrogen-bond acceptors (Lipinski definition) is 3. The molecular weight excluding hydrogens is 162 g/mol. The second-order valence-corrected chi connectivity index (χ2v) is 3.07. The Bertz CT molecular complexity index is 223. The monoisotopic (exact) mass is 179 g/mol. The maximum atomic E-state index is 5.40. The lowest BCUT2D eigenvalue weighted by Crippen LogP contribution is -2.22. The molecule has 72 valence electrons. The number of aromatic nitrogens is 1. The van der Waals surface area contributed by atoms with E-state index in [1.165, 1.54) is 0 Å². The van der Waals surface area contributed by atoms with Crippen molar-refractivity contribution < 1.29 is 0 Å². The van der Waals surface area contributed by atoms with Crippen molar-refractivity contribution in [2.24, 2.45) is 5.73 Å². The fourth-order valence-corrected chi connectivity index (χ4v) is 1.16. The van der Waals surface area contributed by atoms with Gasteiger partial charge in [0.05, 0.1) is 5.69 Å². The van der Waals surface area contributed by atoms with Crippen LogP contribution in [-0.2, 0) is 0 Å². The second kappa shape index (κ2) is 5.67. The summed E-state index contributed by atoms with van der Waals surface area (Å²) < 4.78 is 0. The normalized spacial score (nSPS) is 12.8. The van der Waals surface area contributed by atoms with Gasteiger partial charge in [0.25, 0.3) is 0 Å². The van der Waals surface area contributed by atoms with Gasteiger partial charge in [-0.25, -0.2) is 0 Å². The first-order valence-electron chi connectivity index (χ1n) is 4.69. The molecule has 1 aromatic rings.